The third-order valence-electron chi connectivity index (χ3n) is 5.90. The maximum atomic E-state index is 12.3. The van der Waals surface area contributed by atoms with Gasteiger partial charge in [-0.15, -0.1) is 0 Å². The molecule has 1 N–H and O–H groups in total. The summed E-state index contributed by atoms with van der Waals surface area (Å²) in [5, 5.41) is 10.7. The first kappa shape index (κ1) is 19.3. The standard InChI is InChI=1S/C19H30N6O3/c26-18(13-25-21-5-6-22-25)20-9-17-12-24(19(27)14-28-17)11-16-3-7-23(8-4-16)10-15-1-2-15/h5-6,15-17H,1-4,7-14H2,(H,20,26)/t17-/m0/s1. The highest BCUT2D eigenvalue weighted by Gasteiger charge is 2.31. The number of hydrogen-bond donors (Lipinski definition) is 1. The largest absolute Gasteiger partial charge is 0.365 e. The Morgan fingerprint density at radius 2 is 1.82 bits per heavy atom. The molecule has 0 bridgehead atoms. The van der Waals surface area contributed by atoms with Crippen molar-refractivity contribution in [2.45, 2.75) is 38.3 Å². The fourth-order valence-electron chi connectivity index (χ4n) is 4.05. The zero-order chi connectivity index (χ0) is 19.3. The molecule has 1 aliphatic carbocycles. The lowest BCUT2D eigenvalue weighted by atomic mass is 9.95. The minimum Gasteiger partial charge on any atom is -0.365 e. The topological polar surface area (TPSA) is 92.6 Å². The second-order valence-electron chi connectivity index (χ2n) is 8.28. The monoisotopic (exact) mass is 390 g/mol. The van der Waals surface area contributed by atoms with E-state index in [9.17, 15) is 9.59 Å². The third kappa shape index (κ3) is 5.51. The molecule has 3 aliphatic rings. The van der Waals surface area contributed by atoms with Crippen LogP contribution in [0.5, 0.6) is 0 Å². The van der Waals surface area contributed by atoms with E-state index in [-0.39, 0.29) is 31.1 Å². The third-order valence-corrected chi connectivity index (χ3v) is 5.90. The predicted molar refractivity (Wildman–Crippen MR) is 101 cm³/mol. The van der Waals surface area contributed by atoms with Gasteiger partial charge in [0.25, 0.3) is 0 Å². The van der Waals surface area contributed by atoms with Gasteiger partial charge in [-0.3, -0.25) is 9.59 Å². The maximum absolute atomic E-state index is 12.3. The minimum atomic E-state index is -0.165. The van der Waals surface area contributed by atoms with E-state index in [1.165, 1.54) is 36.6 Å². The van der Waals surface area contributed by atoms with E-state index in [0.29, 0.717) is 19.0 Å². The molecule has 9 heteroatoms. The van der Waals surface area contributed by atoms with Gasteiger partial charge in [-0.2, -0.15) is 15.0 Å². The number of rotatable bonds is 8. The molecule has 2 aliphatic heterocycles. The first-order valence-electron chi connectivity index (χ1n) is 10.4. The summed E-state index contributed by atoms with van der Waals surface area (Å²) >= 11 is 0. The lowest BCUT2D eigenvalue weighted by Gasteiger charge is -2.38. The number of ether oxygens (including phenoxy) is 1. The van der Waals surface area contributed by atoms with Gasteiger partial charge in [0.05, 0.1) is 18.5 Å². The second-order valence-corrected chi connectivity index (χ2v) is 8.28. The highest BCUT2D eigenvalue weighted by Crippen LogP contribution is 2.31. The zero-order valence-corrected chi connectivity index (χ0v) is 16.3. The Hall–Kier alpha value is -2.00. The summed E-state index contributed by atoms with van der Waals surface area (Å²) in [6.45, 7) is 5.50. The summed E-state index contributed by atoms with van der Waals surface area (Å²) in [6.07, 6.45) is 8.04. The number of nitrogens with one attached hydrogen (secondary N) is 1. The van der Waals surface area contributed by atoms with Gasteiger partial charge >= 0.3 is 0 Å². The quantitative estimate of drug-likeness (QED) is 0.658. The summed E-state index contributed by atoms with van der Waals surface area (Å²) in [6, 6.07) is 0. The fraction of sp³-hybridized carbons (Fsp3) is 0.789. The summed E-state index contributed by atoms with van der Waals surface area (Å²) < 4.78 is 5.61. The molecule has 0 radical (unpaired) electrons. The van der Waals surface area contributed by atoms with Crippen molar-refractivity contribution in [2.75, 3.05) is 45.9 Å². The molecule has 2 saturated heterocycles. The molecule has 4 rings (SSSR count). The van der Waals surface area contributed by atoms with E-state index in [1.807, 2.05) is 4.90 Å². The van der Waals surface area contributed by atoms with Gasteiger partial charge in [-0.25, -0.2) is 0 Å². The molecular weight excluding hydrogens is 360 g/mol. The molecule has 28 heavy (non-hydrogen) atoms. The molecule has 1 aromatic heterocycles. The van der Waals surface area contributed by atoms with E-state index in [0.717, 1.165) is 38.4 Å². The number of carbonyl (C=O) groups excluding carboxylic acids is 2. The summed E-state index contributed by atoms with van der Waals surface area (Å²) in [4.78, 5) is 30.1. The van der Waals surface area contributed by atoms with Crippen LogP contribution in [0.2, 0.25) is 0 Å². The number of morpholine rings is 1. The normalized spacial score (nSPS) is 24.5. The predicted octanol–water partition coefficient (Wildman–Crippen LogP) is -0.256. The van der Waals surface area contributed by atoms with Crippen molar-refractivity contribution >= 4 is 11.8 Å². The van der Waals surface area contributed by atoms with E-state index < -0.39 is 0 Å². The molecule has 154 valence electrons. The van der Waals surface area contributed by atoms with E-state index in [4.69, 9.17) is 4.74 Å². The number of nitrogens with zero attached hydrogens (tertiary/aromatic N) is 5. The number of aromatic nitrogens is 3. The van der Waals surface area contributed by atoms with Gasteiger partial charge < -0.3 is 19.9 Å². The zero-order valence-electron chi connectivity index (χ0n) is 16.3. The van der Waals surface area contributed by atoms with Crippen LogP contribution in [0.25, 0.3) is 0 Å². The van der Waals surface area contributed by atoms with Crippen LogP contribution < -0.4 is 5.32 Å². The van der Waals surface area contributed by atoms with Crippen LogP contribution in [-0.4, -0.2) is 88.6 Å². The molecular formula is C19H30N6O3. The van der Waals surface area contributed by atoms with Crippen molar-refractivity contribution in [3.8, 4) is 0 Å². The molecule has 9 nitrogen and oxygen atoms in total. The molecule has 1 aromatic rings. The van der Waals surface area contributed by atoms with Gasteiger partial charge in [0.1, 0.15) is 13.2 Å². The van der Waals surface area contributed by atoms with Crippen LogP contribution in [0.3, 0.4) is 0 Å². The van der Waals surface area contributed by atoms with Gasteiger partial charge in [-0.05, 0) is 50.6 Å². The van der Waals surface area contributed by atoms with Crippen LogP contribution in [0.1, 0.15) is 25.7 Å². The molecule has 0 aromatic carbocycles. The number of hydrogen-bond acceptors (Lipinski definition) is 6. The van der Waals surface area contributed by atoms with Crippen LogP contribution >= 0.6 is 0 Å². The van der Waals surface area contributed by atoms with Crippen molar-refractivity contribution < 1.29 is 14.3 Å². The van der Waals surface area contributed by atoms with Crippen LogP contribution in [0.15, 0.2) is 12.4 Å². The number of carbonyl (C=O) groups is 2. The lowest BCUT2D eigenvalue weighted by Crippen LogP contribution is -2.52. The SMILES string of the molecule is O=C(Cn1nccn1)NC[C@H]1CN(CC2CCN(CC3CC3)CC2)C(=O)CO1. The van der Waals surface area contributed by atoms with Gasteiger partial charge in [-0.1, -0.05) is 0 Å². The summed E-state index contributed by atoms with van der Waals surface area (Å²) in [5.74, 6) is 1.41. The summed E-state index contributed by atoms with van der Waals surface area (Å²) in [7, 11) is 0. The Morgan fingerprint density at radius 1 is 1.11 bits per heavy atom. The van der Waals surface area contributed by atoms with Crippen molar-refractivity contribution in [2.24, 2.45) is 11.8 Å². The van der Waals surface area contributed by atoms with E-state index >= 15 is 0 Å². The van der Waals surface area contributed by atoms with Crippen LogP contribution in [0, 0.1) is 11.8 Å². The average Bonchev–Trinajstić information content (AvgIpc) is 3.36. The Morgan fingerprint density at radius 3 is 2.54 bits per heavy atom. The number of piperidine rings is 1. The van der Waals surface area contributed by atoms with Crippen molar-refractivity contribution in [1.82, 2.24) is 30.1 Å². The lowest BCUT2D eigenvalue weighted by molar-refractivity contribution is -0.150. The molecule has 0 spiro atoms. The van der Waals surface area contributed by atoms with Gasteiger partial charge in [0, 0.05) is 26.2 Å². The number of amides is 2. The Kier molecular flexibility index (Phi) is 6.21. The second kappa shape index (κ2) is 9.00. The smallest absolute Gasteiger partial charge is 0.248 e. The molecule has 1 atom stereocenters. The van der Waals surface area contributed by atoms with E-state index in [2.05, 4.69) is 20.4 Å². The van der Waals surface area contributed by atoms with Crippen LogP contribution in [0.4, 0.5) is 0 Å². The van der Waals surface area contributed by atoms with Crippen molar-refractivity contribution in [3.05, 3.63) is 12.4 Å². The molecule has 0 unspecified atom stereocenters. The minimum absolute atomic E-state index is 0.0590. The molecule has 3 fully saturated rings. The fourth-order valence-corrected chi connectivity index (χ4v) is 4.05. The summed E-state index contributed by atoms with van der Waals surface area (Å²) in [5.41, 5.74) is 0. The first-order chi connectivity index (χ1) is 13.7. The highest BCUT2D eigenvalue weighted by atomic mass is 16.5. The Labute approximate surface area is 165 Å². The first-order valence-corrected chi connectivity index (χ1v) is 10.4. The van der Waals surface area contributed by atoms with Crippen molar-refractivity contribution in [1.29, 1.82) is 0 Å². The molecule has 2 amide bonds. The molecule has 1 saturated carbocycles. The Balaban J connectivity index is 1.18. The van der Waals surface area contributed by atoms with Gasteiger partial charge in [0.2, 0.25) is 11.8 Å². The average molecular weight is 390 g/mol. The van der Waals surface area contributed by atoms with Gasteiger partial charge in [0.15, 0.2) is 0 Å². The Bertz CT molecular complexity index is 655. The van der Waals surface area contributed by atoms with Crippen LogP contribution in [-0.2, 0) is 20.9 Å². The van der Waals surface area contributed by atoms with Crippen molar-refractivity contribution in [3.63, 3.8) is 0 Å². The maximum Gasteiger partial charge on any atom is 0.248 e. The number of likely N-dealkylation sites (tertiary alicyclic amines) is 1. The highest BCUT2D eigenvalue weighted by molar-refractivity contribution is 5.78. The molecule has 3 heterocycles. The van der Waals surface area contributed by atoms with E-state index in [1.54, 1.807) is 0 Å².